The van der Waals surface area contributed by atoms with Crippen LogP contribution < -0.4 is 4.74 Å². The maximum atomic E-state index is 8.97. The molecule has 0 bridgehead atoms. The van der Waals surface area contributed by atoms with E-state index in [1.807, 2.05) is 24.3 Å². The molecule has 1 heterocycles. The lowest BCUT2D eigenvalue weighted by atomic mass is 9.70. The molecule has 0 aromatic heterocycles. The van der Waals surface area contributed by atoms with Crippen molar-refractivity contribution in [1.29, 1.82) is 0 Å². The molecule has 0 saturated heterocycles. The van der Waals surface area contributed by atoms with Gasteiger partial charge in [-0.25, -0.2) is 0 Å². The summed E-state index contributed by atoms with van der Waals surface area (Å²) in [5, 5.41) is 17.9. The van der Waals surface area contributed by atoms with Gasteiger partial charge in [-0.2, -0.15) is 0 Å². The number of hydrogen-bond donors (Lipinski definition) is 2. The zero-order valence-corrected chi connectivity index (χ0v) is 6.47. The highest BCUT2D eigenvalue weighted by atomic mass is 16.5. The van der Waals surface area contributed by atoms with Gasteiger partial charge in [0.1, 0.15) is 5.75 Å². The highest BCUT2D eigenvalue weighted by molar-refractivity contribution is 6.43. The fourth-order valence-electron chi connectivity index (χ4n) is 1.43. The largest absolute Gasteiger partial charge is 0.493 e. The molecule has 1 aromatic rings. The Bertz CT molecular complexity index is 287. The van der Waals surface area contributed by atoms with Crippen molar-refractivity contribution in [3.8, 4) is 5.75 Å². The normalized spacial score (nSPS) is 20.0. The second-order valence-electron chi connectivity index (χ2n) is 2.87. The molecular weight excluding hydrogens is 155 g/mol. The highest BCUT2D eigenvalue weighted by Gasteiger charge is 2.32. The summed E-state index contributed by atoms with van der Waals surface area (Å²) < 4.78 is 5.25. The molecule has 1 aromatic carbocycles. The van der Waals surface area contributed by atoms with Gasteiger partial charge in [-0.15, -0.1) is 0 Å². The molecule has 1 aliphatic rings. The lowest BCUT2D eigenvalue weighted by molar-refractivity contribution is 0.320. The lowest BCUT2D eigenvalue weighted by Crippen LogP contribution is -2.24. The molecular formula is C8H9BO3. The van der Waals surface area contributed by atoms with Gasteiger partial charge in [0.2, 0.25) is 0 Å². The predicted octanol–water partition coefficient (Wildman–Crippen LogP) is 0.175. The van der Waals surface area contributed by atoms with Gasteiger partial charge in [0, 0.05) is 0 Å². The Kier molecular flexibility index (Phi) is 1.79. The maximum absolute atomic E-state index is 8.97. The first kappa shape index (κ1) is 7.64. The van der Waals surface area contributed by atoms with Gasteiger partial charge in [0.15, 0.2) is 0 Å². The predicted molar refractivity (Wildman–Crippen MR) is 44.9 cm³/mol. The molecule has 1 aliphatic heterocycles. The summed E-state index contributed by atoms with van der Waals surface area (Å²) >= 11 is 0. The van der Waals surface area contributed by atoms with Crippen LogP contribution in [0.3, 0.4) is 0 Å². The molecule has 3 nitrogen and oxygen atoms in total. The first-order valence-corrected chi connectivity index (χ1v) is 3.87. The standard InChI is InChI=1S/C8H9BO3/c10-9(11)7-5-12-8-4-2-1-3-6(7)8/h1-4,7,10-11H,5H2. The zero-order chi connectivity index (χ0) is 8.55. The van der Waals surface area contributed by atoms with Crippen molar-refractivity contribution >= 4 is 7.12 Å². The van der Waals surface area contributed by atoms with E-state index in [1.165, 1.54) is 0 Å². The number of ether oxygens (including phenoxy) is 1. The zero-order valence-electron chi connectivity index (χ0n) is 6.47. The minimum absolute atomic E-state index is 0.291. The Morgan fingerprint density at radius 1 is 1.33 bits per heavy atom. The molecule has 0 saturated carbocycles. The van der Waals surface area contributed by atoms with E-state index < -0.39 is 7.12 Å². The van der Waals surface area contributed by atoms with Crippen molar-refractivity contribution in [3.05, 3.63) is 29.8 Å². The molecule has 0 aliphatic carbocycles. The fourth-order valence-corrected chi connectivity index (χ4v) is 1.43. The summed E-state index contributed by atoms with van der Waals surface area (Å²) in [6, 6.07) is 7.41. The summed E-state index contributed by atoms with van der Waals surface area (Å²) in [5.74, 6) is 0.469. The fraction of sp³-hybridized carbons (Fsp3) is 0.250. The van der Waals surface area contributed by atoms with Crippen molar-refractivity contribution in [1.82, 2.24) is 0 Å². The van der Waals surface area contributed by atoms with E-state index in [4.69, 9.17) is 14.8 Å². The van der Waals surface area contributed by atoms with Crippen LogP contribution in [0, 0.1) is 0 Å². The van der Waals surface area contributed by atoms with Crippen LogP contribution in [0.4, 0.5) is 0 Å². The van der Waals surface area contributed by atoms with Crippen molar-refractivity contribution in [2.45, 2.75) is 5.82 Å². The summed E-state index contributed by atoms with van der Waals surface area (Å²) in [6.07, 6.45) is 0. The summed E-state index contributed by atoms with van der Waals surface area (Å²) in [7, 11) is -1.33. The summed E-state index contributed by atoms with van der Waals surface area (Å²) in [5.41, 5.74) is 0.882. The van der Waals surface area contributed by atoms with Crippen LogP contribution in [0.5, 0.6) is 5.75 Å². The van der Waals surface area contributed by atoms with E-state index in [2.05, 4.69) is 0 Å². The van der Waals surface area contributed by atoms with Gasteiger partial charge >= 0.3 is 7.12 Å². The average Bonchev–Trinajstić information content (AvgIpc) is 2.47. The molecule has 0 spiro atoms. The van der Waals surface area contributed by atoms with E-state index in [1.54, 1.807) is 0 Å². The van der Waals surface area contributed by atoms with Gasteiger partial charge in [-0.1, -0.05) is 18.2 Å². The lowest BCUT2D eigenvalue weighted by Gasteiger charge is -2.04. The second kappa shape index (κ2) is 2.81. The number of fused-ring (bicyclic) bond motifs is 1. The van der Waals surface area contributed by atoms with Gasteiger partial charge in [0.05, 0.1) is 12.4 Å². The first-order valence-electron chi connectivity index (χ1n) is 3.87. The minimum Gasteiger partial charge on any atom is -0.493 e. The third-order valence-corrected chi connectivity index (χ3v) is 2.10. The van der Waals surface area contributed by atoms with Gasteiger partial charge in [-0.3, -0.25) is 0 Å². The topological polar surface area (TPSA) is 49.7 Å². The Morgan fingerprint density at radius 3 is 2.83 bits per heavy atom. The molecule has 2 N–H and O–H groups in total. The van der Waals surface area contributed by atoms with Gasteiger partial charge in [-0.05, 0) is 11.6 Å². The Morgan fingerprint density at radius 2 is 2.08 bits per heavy atom. The van der Waals surface area contributed by atoms with E-state index >= 15 is 0 Å². The van der Waals surface area contributed by atoms with Gasteiger partial charge < -0.3 is 14.8 Å². The van der Waals surface area contributed by atoms with Crippen LogP contribution in [-0.4, -0.2) is 23.8 Å². The van der Waals surface area contributed by atoms with E-state index in [0.29, 0.717) is 6.61 Å². The van der Waals surface area contributed by atoms with Crippen molar-refractivity contribution in [2.24, 2.45) is 0 Å². The summed E-state index contributed by atoms with van der Waals surface area (Å²) in [4.78, 5) is 0. The molecule has 0 amide bonds. The average molecular weight is 164 g/mol. The SMILES string of the molecule is OB(O)C1COc2ccccc21. The molecule has 12 heavy (non-hydrogen) atoms. The number of hydrogen-bond acceptors (Lipinski definition) is 3. The van der Waals surface area contributed by atoms with Crippen molar-refractivity contribution in [3.63, 3.8) is 0 Å². The smallest absolute Gasteiger partial charge is 0.463 e. The van der Waals surface area contributed by atoms with Crippen LogP contribution in [0.15, 0.2) is 24.3 Å². The van der Waals surface area contributed by atoms with Crippen LogP contribution in [-0.2, 0) is 0 Å². The third kappa shape index (κ3) is 1.09. The van der Waals surface area contributed by atoms with Crippen LogP contribution >= 0.6 is 0 Å². The van der Waals surface area contributed by atoms with Crippen LogP contribution in [0.2, 0.25) is 0 Å². The number of benzene rings is 1. The van der Waals surface area contributed by atoms with E-state index in [0.717, 1.165) is 11.3 Å². The van der Waals surface area contributed by atoms with Crippen LogP contribution in [0.1, 0.15) is 11.4 Å². The quantitative estimate of drug-likeness (QED) is 0.581. The van der Waals surface area contributed by atoms with E-state index in [-0.39, 0.29) is 5.82 Å². The Hall–Kier alpha value is -0.995. The molecule has 1 atom stereocenters. The monoisotopic (exact) mass is 164 g/mol. The second-order valence-corrected chi connectivity index (χ2v) is 2.87. The van der Waals surface area contributed by atoms with Crippen molar-refractivity contribution < 1.29 is 14.8 Å². The van der Waals surface area contributed by atoms with Crippen LogP contribution in [0.25, 0.3) is 0 Å². The molecule has 0 radical (unpaired) electrons. The Labute approximate surface area is 70.8 Å². The minimum atomic E-state index is -1.33. The third-order valence-electron chi connectivity index (χ3n) is 2.10. The van der Waals surface area contributed by atoms with E-state index in [9.17, 15) is 0 Å². The Balaban J connectivity index is 2.36. The maximum Gasteiger partial charge on any atom is 0.463 e. The number of para-hydroxylation sites is 1. The summed E-state index contributed by atoms with van der Waals surface area (Å²) in [6.45, 7) is 0.358. The molecule has 62 valence electrons. The van der Waals surface area contributed by atoms with Gasteiger partial charge in [0.25, 0.3) is 0 Å². The highest BCUT2D eigenvalue weighted by Crippen LogP contribution is 2.33. The molecule has 1 unspecified atom stereocenters. The number of rotatable bonds is 1. The molecule has 0 fully saturated rings. The van der Waals surface area contributed by atoms with Crippen molar-refractivity contribution in [2.75, 3.05) is 6.61 Å². The molecule has 4 heteroatoms. The molecule has 2 rings (SSSR count). The first-order chi connectivity index (χ1) is 5.79.